The average molecular weight is 532 g/mol. The van der Waals surface area contributed by atoms with E-state index >= 15 is 4.39 Å². The van der Waals surface area contributed by atoms with E-state index in [1.54, 1.807) is 29.3 Å². The third kappa shape index (κ3) is 5.29. The SMILES string of the molecule is C=CC(=O)N1CCCC[C@H]1c1nc2nccc(-c3ccc(CNC(=O)c4nc(C(C)(C)C)no4)c(F)c3)c2[nH]1. The number of H-pyrrole nitrogens is 1. The Balaban J connectivity index is 1.36. The molecule has 2 amide bonds. The Bertz CT molecular complexity index is 1550. The van der Waals surface area contributed by atoms with Gasteiger partial charge in [0.1, 0.15) is 11.6 Å². The van der Waals surface area contributed by atoms with Crippen LogP contribution in [0.4, 0.5) is 4.39 Å². The second-order valence-corrected chi connectivity index (χ2v) is 10.6. The molecule has 11 heteroatoms. The zero-order valence-corrected chi connectivity index (χ0v) is 22.1. The van der Waals surface area contributed by atoms with Crippen molar-refractivity contribution in [2.45, 2.75) is 58.0 Å². The Hall–Kier alpha value is -4.41. The van der Waals surface area contributed by atoms with E-state index in [0.717, 1.165) is 24.8 Å². The fourth-order valence-electron chi connectivity index (χ4n) is 4.65. The van der Waals surface area contributed by atoms with Crippen LogP contribution in [-0.4, -0.2) is 48.4 Å². The maximum atomic E-state index is 15.1. The number of nitrogens with zero attached hydrogens (tertiary/aromatic N) is 5. The Morgan fingerprint density at radius 2 is 2.08 bits per heavy atom. The van der Waals surface area contributed by atoms with Crippen molar-refractivity contribution in [3.63, 3.8) is 0 Å². The molecular formula is C28H30FN7O3. The summed E-state index contributed by atoms with van der Waals surface area (Å²) < 4.78 is 20.2. The van der Waals surface area contributed by atoms with E-state index in [1.165, 1.54) is 12.1 Å². The Morgan fingerprint density at radius 1 is 1.26 bits per heavy atom. The number of pyridine rings is 1. The zero-order chi connectivity index (χ0) is 27.7. The number of halogens is 1. The van der Waals surface area contributed by atoms with Gasteiger partial charge in [0.2, 0.25) is 5.91 Å². The van der Waals surface area contributed by atoms with Crippen LogP contribution in [0.1, 0.15) is 74.0 Å². The van der Waals surface area contributed by atoms with Crippen molar-refractivity contribution in [1.29, 1.82) is 0 Å². The number of benzene rings is 1. The number of imidazole rings is 1. The number of aromatic nitrogens is 5. The van der Waals surface area contributed by atoms with E-state index in [9.17, 15) is 9.59 Å². The number of hydrogen-bond donors (Lipinski definition) is 2. The second kappa shape index (κ2) is 10.4. The molecule has 2 N–H and O–H groups in total. The minimum absolute atomic E-state index is 0.0486. The van der Waals surface area contributed by atoms with Gasteiger partial charge in [0.15, 0.2) is 11.5 Å². The molecule has 1 fully saturated rings. The molecule has 202 valence electrons. The predicted molar refractivity (Wildman–Crippen MR) is 142 cm³/mol. The first-order chi connectivity index (χ1) is 18.7. The van der Waals surface area contributed by atoms with Gasteiger partial charge in [0.25, 0.3) is 0 Å². The van der Waals surface area contributed by atoms with Gasteiger partial charge >= 0.3 is 11.8 Å². The minimum Gasteiger partial charge on any atom is -0.344 e. The maximum absolute atomic E-state index is 15.1. The molecule has 1 saturated heterocycles. The van der Waals surface area contributed by atoms with Gasteiger partial charge in [0.05, 0.1) is 11.6 Å². The van der Waals surface area contributed by atoms with Gasteiger partial charge in [-0.25, -0.2) is 14.4 Å². The number of nitrogens with one attached hydrogen (secondary N) is 2. The number of likely N-dealkylation sites (tertiary alicyclic amines) is 1. The van der Waals surface area contributed by atoms with Crippen LogP contribution in [-0.2, 0) is 16.8 Å². The standard InChI is InChI=1S/C28H30FN7O3/c1-5-21(37)36-13-7-6-8-20(36)23-32-22-18(11-12-30-24(22)33-23)16-9-10-17(19(29)14-16)15-31-25(38)26-34-27(35-39-26)28(2,3)4/h5,9-12,14,20H,1,6-8,13,15H2,2-4H3,(H,31,38)(H,30,32,33)/t20-/m0/s1. The quantitative estimate of drug-likeness (QED) is 0.347. The molecule has 0 saturated carbocycles. The highest BCUT2D eigenvalue weighted by Gasteiger charge is 2.29. The van der Waals surface area contributed by atoms with Gasteiger partial charge in [-0.3, -0.25) is 9.59 Å². The molecule has 0 aliphatic carbocycles. The van der Waals surface area contributed by atoms with Gasteiger partial charge in [0, 0.05) is 35.8 Å². The number of aromatic amines is 1. The number of fused-ring (bicyclic) bond motifs is 1. The lowest BCUT2D eigenvalue weighted by molar-refractivity contribution is -0.129. The maximum Gasteiger partial charge on any atom is 0.315 e. The molecule has 1 aliphatic rings. The third-order valence-electron chi connectivity index (χ3n) is 6.78. The molecule has 39 heavy (non-hydrogen) atoms. The van der Waals surface area contributed by atoms with Gasteiger partial charge in [-0.15, -0.1) is 0 Å². The Morgan fingerprint density at radius 3 is 2.79 bits per heavy atom. The van der Waals surface area contributed by atoms with Crippen molar-refractivity contribution in [1.82, 2.24) is 35.3 Å². The average Bonchev–Trinajstić information content (AvgIpc) is 3.60. The van der Waals surface area contributed by atoms with Gasteiger partial charge in [-0.05, 0) is 43.0 Å². The van der Waals surface area contributed by atoms with E-state index in [-0.39, 0.29) is 29.8 Å². The summed E-state index contributed by atoms with van der Waals surface area (Å²) in [4.78, 5) is 43.1. The van der Waals surface area contributed by atoms with Crippen molar-refractivity contribution in [2.24, 2.45) is 0 Å². The highest BCUT2D eigenvalue weighted by Crippen LogP contribution is 2.33. The molecule has 4 heterocycles. The number of carbonyl (C=O) groups excluding carboxylic acids is 2. The van der Waals surface area contributed by atoms with Crippen molar-refractivity contribution < 1.29 is 18.5 Å². The predicted octanol–water partition coefficient (Wildman–Crippen LogP) is 4.61. The molecule has 0 spiro atoms. The van der Waals surface area contributed by atoms with Crippen LogP contribution < -0.4 is 5.32 Å². The summed E-state index contributed by atoms with van der Waals surface area (Å²) in [7, 11) is 0. The second-order valence-electron chi connectivity index (χ2n) is 10.6. The van der Waals surface area contributed by atoms with Crippen LogP contribution >= 0.6 is 0 Å². The monoisotopic (exact) mass is 531 g/mol. The number of rotatable bonds is 6. The largest absolute Gasteiger partial charge is 0.344 e. The van der Waals surface area contributed by atoms with Crippen LogP contribution in [0.3, 0.4) is 0 Å². The summed E-state index contributed by atoms with van der Waals surface area (Å²) in [5.41, 5.74) is 2.45. The first kappa shape index (κ1) is 26.2. The highest BCUT2D eigenvalue weighted by atomic mass is 19.1. The van der Waals surface area contributed by atoms with Crippen LogP contribution in [0.2, 0.25) is 0 Å². The van der Waals surface area contributed by atoms with E-state index < -0.39 is 11.7 Å². The van der Waals surface area contributed by atoms with E-state index in [1.807, 2.05) is 20.8 Å². The summed E-state index contributed by atoms with van der Waals surface area (Å²) in [5, 5.41) is 6.47. The fraction of sp³-hybridized carbons (Fsp3) is 0.357. The van der Waals surface area contributed by atoms with Crippen molar-refractivity contribution >= 4 is 23.0 Å². The molecule has 0 radical (unpaired) electrons. The summed E-state index contributed by atoms with van der Waals surface area (Å²) in [5.74, 6) is -0.292. The van der Waals surface area contributed by atoms with E-state index in [0.29, 0.717) is 40.5 Å². The van der Waals surface area contributed by atoms with Crippen molar-refractivity contribution in [3.8, 4) is 11.1 Å². The molecule has 5 rings (SSSR count). The Labute approximate surface area is 224 Å². The fourth-order valence-corrected chi connectivity index (χ4v) is 4.65. The van der Waals surface area contributed by atoms with Crippen LogP contribution in [0.15, 0.2) is 47.6 Å². The molecule has 1 atom stereocenters. The summed E-state index contributed by atoms with van der Waals surface area (Å²) in [6.45, 7) is 9.94. The molecule has 4 aromatic rings. The number of hydrogen-bond acceptors (Lipinski definition) is 7. The molecule has 3 aromatic heterocycles. The third-order valence-corrected chi connectivity index (χ3v) is 6.78. The van der Waals surface area contributed by atoms with Crippen LogP contribution in [0.25, 0.3) is 22.3 Å². The number of piperidine rings is 1. The highest BCUT2D eigenvalue weighted by molar-refractivity contribution is 5.91. The van der Waals surface area contributed by atoms with Gasteiger partial charge in [-0.2, -0.15) is 4.98 Å². The molecule has 0 unspecified atom stereocenters. The summed E-state index contributed by atoms with van der Waals surface area (Å²) >= 11 is 0. The Kier molecular flexibility index (Phi) is 6.98. The molecule has 10 nitrogen and oxygen atoms in total. The topological polar surface area (TPSA) is 130 Å². The van der Waals surface area contributed by atoms with E-state index in [4.69, 9.17) is 4.52 Å². The zero-order valence-electron chi connectivity index (χ0n) is 22.1. The first-order valence-electron chi connectivity index (χ1n) is 12.8. The lowest BCUT2D eigenvalue weighted by Crippen LogP contribution is -2.37. The number of carbonyl (C=O) groups is 2. The van der Waals surface area contributed by atoms with Crippen LogP contribution in [0, 0.1) is 5.82 Å². The van der Waals surface area contributed by atoms with Gasteiger partial charge < -0.3 is 19.7 Å². The minimum atomic E-state index is -0.575. The van der Waals surface area contributed by atoms with Crippen LogP contribution in [0.5, 0.6) is 0 Å². The molecular weight excluding hydrogens is 501 g/mol. The van der Waals surface area contributed by atoms with Crippen molar-refractivity contribution in [3.05, 3.63) is 72.0 Å². The molecule has 1 aliphatic heterocycles. The summed E-state index contributed by atoms with van der Waals surface area (Å²) in [6, 6.07) is 6.39. The smallest absolute Gasteiger partial charge is 0.315 e. The van der Waals surface area contributed by atoms with Crippen molar-refractivity contribution in [2.75, 3.05) is 6.54 Å². The summed E-state index contributed by atoms with van der Waals surface area (Å²) in [6.07, 6.45) is 5.64. The van der Waals surface area contributed by atoms with Gasteiger partial charge in [-0.1, -0.05) is 44.6 Å². The lowest BCUT2D eigenvalue weighted by Gasteiger charge is -2.33. The van der Waals surface area contributed by atoms with E-state index in [2.05, 4.69) is 37.0 Å². The first-order valence-corrected chi connectivity index (χ1v) is 12.8. The number of amides is 2. The molecule has 0 bridgehead atoms. The molecule has 1 aromatic carbocycles. The lowest BCUT2D eigenvalue weighted by atomic mass is 9.96. The normalized spacial score (nSPS) is 15.9.